The van der Waals surface area contributed by atoms with Gasteiger partial charge in [0.25, 0.3) is 0 Å². The highest BCUT2D eigenvalue weighted by Gasteiger charge is 2.43. The fourth-order valence-electron chi connectivity index (χ4n) is 3.53. The largest absolute Gasteiger partial charge is 0.422 e. The lowest BCUT2D eigenvalue weighted by Gasteiger charge is -2.35. The molecule has 0 aliphatic rings. The summed E-state index contributed by atoms with van der Waals surface area (Å²) in [6, 6.07) is 32.6. The molecule has 4 aromatic carbocycles. The number of hydrogen-bond donors (Lipinski definition) is 0. The molecule has 0 amide bonds. The van der Waals surface area contributed by atoms with Gasteiger partial charge in [-0.05, 0) is 69.3 Å². The van der Waals surface area contributed by atoms with Crippen molar-refractivity contribution in [3.63, 3.8) is 0 Å². The maximum Gasteiger partial charge on any atom is 0.422 e. The van der Waals surface area contributed by atoms with Gasteiger partial charge in [0.05, 0.1) is 25.0 Å². The normalized spacial score (nSPS) is 12.5. The summed E-state index contributed by atoms with van der Waals surface area (Å²) in [5.74, 6) is 0. The molecule has 0 atom stereocenters. The first kappa shape index (κ1) is 22.3. The Morgan fingerprint density at radius 3 is 1.16 bits per heavy atom. The lowest BCUT2D eigenvalue weighted by molar-refractivity contribution is 0.387. The molecule has 0 heterocycles. The first-order valence-electron chi connectivity index (χ1n) is 10.4. The molecule has 0 bridgehead atoms. The highest BCUT2D eigenvalue weighted by Crippen LogP contribution is 2.68. The molecule has 3 nitrogen and oxygen atoms in total. The molecule has 0 spiro atoms. The van der Waals surface area contributed by atoms with Crippen LogP contribution < -0.4 is 0 Å². The average Bonchev–Trinajstić information content (AvgIpc) is 2.80. The van der Waals surface area contributed by atoms with Crippen LogP contribution in [0.25, 0.3) is 0 Å². The second kappa shape index (κ2) is 8.94. The van der Waals surface area contributed by atoms with Crippen molar-refractivity contribution >= 4 is 20.4 Å². The van der Waals surface area contributed by atoms with Crippen molar-refractivity contribution in [2.24, 2.45) is 0 Å². The Hall–Kier alpha value is -2.86. The molecule has 0 aliphatic carbocycles. The lowest BCUT2D eigenvalue weighted by Crippen LogP contribution is -2.18. The maximum atomic E-state index is 13.6. The third-order valence-electron chi connectivity index (χ3n) is 5.34. The summed E-state index contributed by atoms with van der Waals surface area (Å²) in [4.78, 5) is 2.85. The molecular formula is C27H27O3S2+. The minimum Gasteiger partial charge on any atom is -0.258 e. The molecule has 164 valence electrons. The molecule has 0 aliphatic heterocycles. The summed E-state index contributed by atoms with van der Waals surface area (Å²) >= 11 is 0. The molecular weight excluding hydrogens is 436 g/mol. The van der Waals surface area contributed by atoms with Crippen LogP contribution in [0.2, 0.25) is 0 Å². The van der Waals surface area contributed by atoms with Crippen molar-refractivity contribution in [1.82, 2.24) is 0 Å². The third kappa shape index (κ3) is 4.37. The van der Waals surface area contributed by atoms with Crippen LogP contribution in [0.3, 0.4) is 0 Å². The van der Waals surface area contributed by atoms with Crippen LogP contribution in [0.5, 0.6) is 0 Å². The van der Waals surface area contributed by atoms with E-state index in [0.717, 1.165) is 31.4 Å². The van der Waals surface area contributed by atoms with Crippen molar-refractivity contribution in [2.45, 2.75) is 40.4 Å². The van der Waals surface area contributed by atoms with Gasteiger partial charge >= 0.3 is 10.1 Å². The molecule has 5 heteroatoms. The van der Waals surface area contributed by atoms with E-state index >= 15 is 0 Å². The van der Waals surface area contributed by atoms with E-state index in [0.29, 0.717) is 0 Å². The molecule has 0 saturated carbocycles. The number of benzene rings is 4. The molecule has 0 fully saturated rings. The van der Waals surface area contributed by atoms with Crippen LogP contribution in [0.1, 0.15) is 16.7 Å². The van der Waals surface area contributed by atoms with Crippen LogP contribution in [0.15, 0.2) is 123 Å². The van der Waals surface area contributed by atoms with Gasteiger partial charge in [-0.1, -0.05) is 71.3 Å². The zero-order valence-corrected chi connectivity index (χ0v) is 20.0. The zero-order chi connectivity index (χ0) is 22.8. The van der Waals surface area contributed by atoms with Gasteiger partial charge in [0.15, 0.2) is 0 Å². The molecule has 32 heavy (non-hydrogen) atoms. The van der Waals surface area contributed by atoms with Crippen molar-refractivity contribution in [3.05, 3.63) is 120 Å². The van der Waals surface area contributed by atoms with Gasteiger partial charge in [0.1, 0.15) is 4.90 Å². The summed E-state index contributed by atoms with van der Waals surface area (Å²) in [7, 11) is -6.38. The molecule has 4 aromatic rings. The standard InChI is InChI=1S/C27H26O3S2/c1-21-9-15-24(16-10-21)31(25-17-11-22(2)12-18-25,26-19-13-23(3)14-20-26)30-32(28,29)27-7-5-4-6-8-27/h4-20H,1-3H3/p+1. The average molecular weight is 464 g/mol. The van der Waals surface area contributed by atoms with Crippen molar-refractivity contribution in [2.75, 3.05) is 0 Å². The number of hydrogen-bond acceptors (Lipinski definition) is 2. The first-order valence-corrected chi connectivity index (χ1v) is 13.4. The Labute approximate surface area is 192 Å². The minimum atomic E-state index is -3.93. The van der Waals surface area contributed by atoms with Crippen molar-refractivity contribution in [3.8, 4) is 0 Å². The Morgan fingerprint density at radius 2 is 0.812 bits per heavy atom. The quantitative estimate of drug-likeness (QED) is 0.223. The van der Waals surface area contributed by atoms with E-state index in [2.05, 4.69) is 0 Å². The van der Waals surface area contributed by atoms with E-state index in [1.54, 1.807) is 30.3 Å². The molecule has 0 saturated heterocycles. The fraction of sp³-hybridized carbons (Fsp3) is 0.111. The van der Waals surface area contributed by atoms with Crippen molar-refractivity contribution in [1.29, 1.82) is 0 Å². The van der Waals surface area contributed by atoms with Crippen LogP contribution in [0.4, 0.5) is 0 Å². The monoisotopic (exact) mass is 463 g/mol. The predicted octanol–water partition coefficient (Wildman–Crippen LogP) is 7.29. The molecule has 1 N–H and O–H groups in total. The number of rotatable bonds is 6. The van der Waals surface area contributed by atoms with Gasteiger partial charge in [0, 0.05) is 0 Å². The SMILES string of the molecule is Cc1ccc(S([OH+]S(=O)(=O)c2ccccc2)(c2ccc(C)cc2)c2ccc(C)cc2)cc1. The zero-order valence-electron chi connectivity index (χ0n) is 18.4. The van der Waals surface area contributed by atoms with Crippen LogP contribution in [0, 0.1) is 20.8 Å². The van der Waals surface area contributed by atoms with Crippen LogP contribution in [-0.2, 0) is 10.1 Å². The summed E-state index contributed by atoms with van der Waals surface area (Å²) in [6.45, 7) is 6.07. The Kier molecular flexibility index (Phi) is 6.24. The van der Waals surface area contributed by atoms with E-state index < -0.39 is 20.4 Å². The summed E-state index contributed by atoms with van der Waals surface area (Å²) in [5.41, 5.74) is 3.34. The van der Waals surface area contributed by atoms with Crippen molar-refractivity contribution < 1.29 is 12.0 Å². The van der Waals surface area contributed by atoms with Gasteiger partial charge in [0.2, 0.25) is 0 Å². The van der Waals surface area contributed by atoms with Gasteiger partial charge in [-0.3, -0.25) is 3.63 Å². The second-order valence-corrected chi connectivity index (χ2v) is 12.5. The Morgan fingerprint density at radius 1 is 0.469 bits per heavy atom. The topological polar surface area (TPSA) is 46.9 Å². The Bertz CT molecular complexity index is 1180. The molecule has 0 unspecified atom stereocenters. The third-order valence-corrected chi connectivity index (χ3v) is 10.7. The van der Waals surface area contributed by atoms with Gasteiger partial charge in [-0.2, -0.15) is 0 Å². The van der Waals surface area contributed by atoms with E-state index in [4.69, 9.17) is 3.63 Å². The van der Waals surface area contributed by atoms with Gasteiger partial charge in [-0.15, -0.1) is 8.42 Å². The van der Waals surface area contributed by atoms with Gasteiger partial charge in [-0.25, -0.2) is 0 Å². The van der Waals surface area contributed by atoms with E-state index in [9.17, 15) is 8.42 Å². The maximum absolute atomic E-state index is 13.6. The molecule has 0 aromatic heterocycles. The van der Waals surface area contributed by atoms with E-state index in [-0.39, 0.29) is 4.90 Å². The summed E-state index contributed by atoms with van der Waals surface area (Å²) < 4.78 is 32.0. The lowest BCUT2D eigenvalue weighted by atomic mass is 10.2. The Balaban J connectivity index is 2.03. The predicted molar refractivity (Wildman–Crippen MR) is 132 cm³/mol. The molecule has 0 radical (unpaired) electrons. The first-order chi connectivity index (χ1) is 15.3. The number of aryl methyl sites for hydroxylation is 3. The van der Waals surface area contributed by atoms with Gasteiger partial charge < -0.3 is 0 Å². The highest BCUT2D eigenvalue weighted by molar-refractivity contribution is 8.32. The smallest absolute Gasteiger partial charge is 0.258 e. The molecule has 4 rings (SSSR count). The van der Waals surface area contributed by atoms with Crippen LogP contribution >= 0.6 is 10.3 Å². The van der Waals surface area contributed by atoms with E-state index in [1.807, 2.05) is 93.6 Å². The highest BCUT2D eigenvalue weighted by atomic mass is 32.3. The van der Waals surface area contributed by atoms with Crippen LogP contribution in [-0.4, -0.2) is 12.0 Å². The fourth-order valence-corrected chi connectivity index (χ4v) is 8.99. The van der Waals surface area contributed by atoms with E-state index in [1.165, 1.54) is 0 Å². The summed E-state index contributed by atoms with van der Waals surface area (Å²) in [5, 5.41) is 0. The second-order valence-electron chi connectivity index (χ2n) is 7.88. The summed E-state index contributed by atoms with van der Waals surface area (Å²) in [6.07, 6.45) is 0. The minimum absolute atomic E-state index is 0.197.